The molecule has 0 aliphatic rings. The first-order chi connectivity index (χ1) is 14.0. The van der Waals surface area contributed by atoms with E-state index in [-0.39, 0.29) is 5.91 Å². The number of nitrogens with one attached hydrogen (secondary N) is 1. The molecule has 2 aromatic heterocycles. The van der Waals surface area contributed by atoms with E-state index < -0.39 is 0 Å². The fraction of sp³-hybridized carbons (Fsp3) is 0.182. The van der Waals surface area contributed by atoms with Crippen molar-refractivity contribution in [3.63, 3.8) is 0 Å². The number of amides is 1. The molecular weight excluding hydrogens is 364 g/mol. The Labute approximate surface area is 169 Å². The summed E-state index contributed by atoms with van der Waals surface area (Å²) < 4.78 is 1.67. The van der Waals surface area contributed by atoms with Crippen molar-refractivity contribution < 1.29 is 4.79 Å². The van der Waals surface area contributed by atoms with Crippen molar-refractivity contribution in [2.24, 2.45) is 0 Å². The number of hydrogen-bond donors (Lipinski definition) is 1. The second-order valence-corrected chi connectivity index (χ2v) is 7.09. The Kier molecular flexibility index (Phi) is 4.95. The molecule has 1 N–H and O–H groups in total. The van der Waals surface area contributed by atoms with Crippen LogP contribution in [0.5, 0.6) is 0 Å². The summed E-state index contributed by atoms with van der Waals surface area (Å²) >= 11 is 0. The van der Waals surface area contributed by atoms with E-state index in [1.165, 1.54) is 0 Å². The summed E-state index contributed by atoms with van der Waals surface area (Å²) in [5.41, 5.74) is 5.87. The van der Waals surface area contributed by atoms with Gasteiger partial charge in [-0.15, -0.1) is 5.10 Å². The summed E-state index contributed by atoms with van der Waals surface area (Å²) in [7, 11) is 4.00. The van der Waals surface area contributed by atoms with Crippen LogP contribution in [0, 0.1) is 6.92 Å². The number of nitrogens with zero attached hydrogens (tertiary/aromatic N) is 5. The van der Waals surface area contributed by atoms with Crippen molar-refractivity contribution in [1.82, 2.24) is 25.3 Å². The van der Waals surface area contributed by atoms with Gasteiger partial charge in [0.25, 0.3) is 5.91 Å². The van der Waals surface area contributed by atoms with Crippen LogP contribution in [0.3, 0.4) is 0 Å². The quantitative estimate of drug-likeness (QED) is 0.570. The summed E-state index contributed by atoms with van der Waals surface area (Å²) in [6, 6.07) is 17.3. The highest BCUT2D eigenvalue weighted by Gasteiger charge is 2.13. The molecule has 0 spiro atoms. The van der Waals surface area contributed by atoms with Crippen LogP contribution in [0.1, 0.15) is 21.5 Å². The van der Waals surface area contributed by atoms with Gasteiger partial charge in [0.05, 0.1) is 5.69 Å². The second kappa shape index (κ2) is 7.71. The fourth-order valence-corrected chi connectivity index (χ4v) is 3.10. The summed E-state index contributed by atoms with van der Waals surface area (Å²) in [6.07, 6.45) is 1.70. The Morgan fingerprint density at radius 3 is 2.66 bits per heavy atom. The van der Waals surface area contributed by atoms with Gasteiger partial charge in [-0.25, -0.2) is 4.98 Å². The maximum Gasteiger partial charge on any atom is 0.251 e. The standard InChI is InChI=1S/C22H22N6O/c1-15-6-9-17(13-20(15)28-21-19(25-26-28)5-4-12-23-21)22(29)24-14-16-7-10-18(11-8-16)27(2)3/h4-13H,14H2,1-3H3,(H,24,29). The van der Waals surface area contributed by atoms with Crippen LogP contribution in [0.4, 0.5) is 5.69 Å². The lowest BCUT2D eigenvalue weighted by Crippen LogP contribution is -2.23. The van der Waals surface area contributed by atoms with E-state index in [0.717, 1.165) is 22.5 Å². The third-order valence-electron chi connectivity index (χ3n) is 4.81. The third kappa shape index (κ3) is 3.80. The van der Waals surface area contributed by atoms with E-state index in [4.69, 9.17) is 0 Å². The molecule has 2 aromatic carbocycles. The van der Waals surface area contributed by atoms with E-state index in [0.29, 0.717) is 23.3 Å². The van der Waals surface area contributed by atoms with Crippen molar-refractivity contribution in [3.8, 4) is 5.69 Å². The van der Waals surface area contributed by atoms with Gasteiger partial charge in [-0.05, 0) is 54.4 Å². The average molecular weight is 386 g/mol. The number of hydrogen-bond acceptors (Lipinski definition) is 5. The first-order valence-corrected chi connectivity index (χ1v) is 9.35. The SMILES string of the molecule is Cc1ccc(C(=O)NCc2ccc(N(C)C)cc2)cc1-n1nnc2cccnc21. The molecule has 29 heavy (non-hydrogen) atoms. The van der Waals surface area contributed by atoms with Gasteiger partial charge in [-0.3, -0.25) is 4.79 Å². The van der Waals surface area contributed by atoms with Crippen molar-refractivity contribution >= 4 is 22.8 Å². The number of carbonyl (C=O) groups excluding carboxylic acids is 1. The molecule has 0 unspecified atom stereocenters. The lowest BCUT2D eigenvalue weighted by Gasteiger charge is -2.13. The third-order valence-corrected chi connectivity index (χ3v) is 4.81. The molecule has 0 aliphatic carbocycles. The van der Waals surface area contributed by atoms with Gasteiger partial charge in [-0.1, -0.05) is 23.4 Å². The van der Waals surface area contributed by atoms with Crippen LogP contribution < -0.4 is 10.2 Å². The number of pyridine rings is 1. The van der Waals surface area contributed by atoms with Gasteiger partial charge in [-0.2, -0.15) is 4.68 Å². The molecule has 0 fully saturated rings. The molecule has 4 aromatic rings. The Morgan fingerprint density at radius 2 is 1.90 bits per heavy atom. The van der Waals surface area contributed by atoms with E-state index in [1.807, 2.05) is 80.5 Å². The molecule has 1 amide bonds. The van der Waals surface area contributed by atoms with Crippen LogP contribution in [0.15, 0.2) is 60.8 Å². The maximum atomic E-state index is 12.7. The molecule has 0 aliphatic heterocycles. The maximum absolute atomic E-state index is 12.7. The molecule has 0 radical (unpaired) electrons. The average Bonchev–Trinajstić information content (AvgIpc) is 3.16. The van der Waals surface area contributed by atoms with E-state index in [2.05, 4.69) is 20.6 Å². The van der Waals surface area contributed by atoms with Crippen molar-refractivity contribution in [2.75, 3.05) is 19.0 Å². The monoisotopic (exact) mass is 386 g/mol. The molecule has 146 valence electrons. The summed E-state index contributed by atoms with van der Waals surface area (Å²) in [4.78, 5) is 19.1. The Morgan fingerprint density at radius 1 is 1.10 bits per heavy atom. The van der Waals surface area contributed by atoms with Gasteiger partial charge < -0.3 is 10.2 Å². The molecule has 0 bridgehead atoms. The molecule has 7 heteroatoms. The molecule has 0 saturated heterocycles. The topological polar surface area (TPSA) is 75.9 Å². The van der Waals surface area contributed by atoms with Gasteiger partial charge in [0, 0.05) is 38.1 Å². The number of rotatable bonds is 5. The van der Waals surface area contributed by atoms with E-state index in [9.17, 15) is 4.79 Å². The van der Waals surface area contributed by atoms with Gasteiger partial charge >= 0.3 is 0 Å². The number of carbonyl (C=O) groups is 1. The molecule has 4 rings (SSSR count). The Balaban J connectivity index is 1.54. The molecular formula is C22H22N6O. The predicted octanol–water partition coefficient (Wildman–Crippen LogP) is 3.12. The number of benzene rings is 2. The zero-order valence-electron chi connectivity index (χ0n) is 16.6. The molecule has 0 atom stereocenters. The number of anilines is 1. The Hall–Kier alpha value is -3.74. The van der Waals surface area contributed by atoms with Crippen molar-refractivity contribution in [2.45, 2.75) is 13.5 Å². The molecule has 2 heterocycles. The van der Waals surface area contributed by atoms with Crippen molar-refractivity contribution in [1.29, 1.82) is 0 Å². The zero-order chi connectivity index (χ0) is 20.4. The molecule has 0 saturated carbocycles. The highest BCUT2D eigenvalue weighted by Crippen LogP contribution is 2.19. The number of fused-ring (bicyclic) bond motifs is 1. The minimum atomic E-state index is -0.139. The Bertz CT molecular complexity index is 1160. The highest BCUT2D eigenvalue weighted by atomic mass is 16.1. The van der Waals surface area contributed by atoms with Gasteiger partial charge in [0.15, 0.2) is 5.65 Å². The van der Waals surface area contributed by atoms with Crippen LogP contribution in [-0.4, -0.2) is 40.0 Å². The number of aromatic nitrogens is 4. The largest absolute Gasteiger partial charge is 0.378 e. The lowest BCUT2D eigenvalue weighted by atomic mass is 10.1. The fourth-order valence-electron chi connectivity index (χ4n) is 3.10. The highest BCUT2D eigenvalue weighted by molar-refractivity contribution is 5.95. The van der Waals surface area contributed by atoms with E-state index >= 15 is 0 Å². The van der Waals surface area contributed by atoms with Crippen LogP contribution >= 0.6 is 0 Å². The van der Waals surface area contributed by atoms with Crippen LogP contribution in [-0.2, 0) is 6.54 Å². The normalized spacial score (nSPS) is 10.9. The zero-order valence-corrected chi connectivity index (χ0v) is 16.6. The molecule has 7 nitrogen and oxygen atoms in total. The van der Waals surface area contributed by atoms with E-state index in [1.54, 1.807) is 10.9 Å². The number of aryl methyl sites for hydroxylation is 1. The van der Waals surface area contributed by atoms with Crippen molar-refractivity contribution in [3.05, 3.63) is 77.5 Å². The van der Waals surface area contributed by atoms with Gasteiger partial charge in [0.2, 0.25) is 0 Å². The van der Waals surface area contributed by atoms with Crippen LogP contribution in [0.25, 0.3) is 16.9 Å². The first kappa shape index (κ1) is 18.6. The van der Waals surface area contributed by atoms with Gasteiger partial charge in [0.1, 0.15) is 5.52 Å². The summed E-state index contributed by atoms with van der Waals surface area (Å²) in [5.74, 6) is -0.139. The first-order valence-electron chi connectivity index (χ1n) is 9.35. The minimum Gasteiger partial charge on any atom is -0.378 e. The predicted molar refractivity (Wildman–Crippen MR) is 113 cm³/mol. The second-order valence-electron chi connectivity index (χ2n) is 7.09. The summed E-state index contributed by atoms with van der Waals surface area (Å²) in [5, 5.41) is 11.3. The minimum absolute atomic E-state index is 0.139. The smallest absolute Gasteiger partial charge is 0.251 e. The van der Waals surface area contributed by atoms with Crippen LogP contribution in [0.2, 0.25) is 0 Å². The summed E-state index contributed by atoms with van der Waals surface area (Å²) in [6.45, 7) is 2.43. The lowest BCUT2D eigenvalue weighted by molar-refractivity contribution is 0.0951.